The molecule has 4 rings (SSSR count). The number of nitrogens with zero attached hydrogens (tertiary/aromatic N) is 1. The second-order valence-corrected chi connectivity index (χ2v) is 9.15. The van der Waals surface area contributed by atoms with Gasteiger partial charge in [-0.15, -0.1) is 0 Å². The van der Waals surface area contributed by atoms with E-state index in [-0.39, 0.29) is 18.2 Å². The Morgan fingerprint density at radius 2 is 1.90 bits per heavy atom. The first kappa shape index (κ1) is 21.1. The fraction of sp³-hybridized carbons (Fsp3) is 0.370. The molecule has 0 aromatic heterocycles. The number of hydrogen-bond acceptors (Lipinski definition) is 3. The van der Waals surface area contributed by atoms with E-state index in [1.807, 2.05) is 74.2 Å². The smallest absolute Gasteiger partial charge is 0.411 e. The van der Waals surface area contributed by atoms with Gasteiger partial charge < -0.3 is 9.47 Å². The standard InChI is InChI=1S/C27H29NO3/c1-19(28(23-14-15-23)26(29)31-27(2,3)4)22-16-21-12-8-9-13-24(21)25(17-22)30-18-20-10-6-5-7-11-20/h5-7,9-11,13,16-17,19,23H,14-15,18H2,1-4H3. The van der Waals surface area contributed by atoms with Crippen molar-refractivity contribution in [2.45, 2.75) is 64.8 Å². The summed E-state index contributed by atoms with van der Waals surface area (Å²) in [4.78, 5) is 14.8. The molecule has 31 heavy (non-hydrogen) atoms. The van der Waals surface area contributed by atoms with Crippen LogP contribution in [0.1, 0.15) is 57.7 Å². The SMILES string of the molecule is CC(c1cc(OCc2ccccc2)c2ccc#cc2c1)N(C(=O)OC(C)(C)C)C1CC1. The second-order valence-electron chi connectivity index (χ2n) is 9.15. The lowest BCUT2D eigenvalue weighted by Gasteiger charge is -2.32. The van der Waals surface area contributed by atoms with Gasteiger partial charge in [-0.2, -0.15) is 0 Å². The molecule has 4 heteroatoms. The van der Waals surface area contributed by atoms with Gasteiger partial charge in [-0.3, -0.25) is 4.90 Å². The molecule has 0 heterocycles. The normalized spacial score (nSPS) is 14.6. The van der Waals surface area contributed by atoms with Crippen molar-refractivity contribution >= 4 is 16.9 Å². The Morgan fingerprint density at radius 3 is 2.58 bits per heavy atom. The molecule has 0 saturated heterocycles. The zero-order chi connectivity index (χ0) is 22.0. The molecule has 0 N–H and O–H groups in total. The summed E-state index contributed by atoms with van der Waals surface area (Å²) in [5.74, 6) is 0.786. The lowest BCUT2D eigenvalue weighted by molar-refractivity contribution is 0.0153. The quantitative estimate of drug-likeness (QED) is 0.462. The molecule has 0 radical (unpaired) electrons. The fourth-order valence-electron chi connectivity index (χ4n) is 3.71. The summed E-state index contributed by atoms with van der Waals surface area (Å²) in [6.45, 7) is 8.23. The fourth-order valence-corrected chi connectivity index (χ4v) is 3.71. The average molecular weight is 416 g/mol. The summed E-state index contributed by atoms with van der Waals surface area (Å²) in [5.41, 5.74) is 1.58. The van der Waals surface area contributed by atoms with Gasteiger partial charge in [-0.1, -0.05) is 42.5 Å². The Labute approximate surface area is 184 Å². The third kappa shape index (κ3) is 5.11. The molecule has 1 atom stereocenters. The van der Waals surface area contributed by atoms with Crippen LogP contribution < -0.4 is 4.74 Å². The molecule has 1 fully saturated rings. The molecule has 1 unspecified atom stereocenters. The van der Waals surface area contributed by atoms with Crippen molar-refractivity contribution in [3.63, 3.8) is 0 Å². The van der Waals surface area contributed by atoms with Crippen molar-refractivity contribution < 1.29 is 14.3 Å². The lowest BCUT2D eigenvalue weighted by Crippen LogP contribution is -2.39. The zero-order valence-corrected chi connectivity index (χ0v) is 18.6. The summed E-state index contributed by atoms with van der Waals surface area (Å²) in [6, 6.07) is 24.4. The van der Waals surface area contributed by atoms with E-state index in [0.29, 0.717) is 6.61 Å². The molecule has 1 saturated carbocycles. The van der Waals surface area contributed by atoms with Gasteiger partial charge in [0.2, 0.25) is 0 Å². The average Bonchev–Trinajstić information content (AvgIpc) is 3.56. The van der Waals surface area contributed by atoms with Crippen molar-refractivity contribution in [1.29, 1.82) is 0 Å². The van der Waals surface area contributed by atoms with E-state index in [9.17, 15) is 4.79 Å². The minimum Gasteiger partial charge on any atom is -0.488 e. The van der Waals surface area contributed by atoms with Crippen LogP contribution >= 0.6 is 0 Å². The first-order valence-corrected chi connectivity index (χ1v) is 10.9. The van der Waals surface area contributed by atoms with Crippen LogP contribution in [-0.2, 0) is 11.3 Å². The molecule has 0 bridgehead atoms. The van der Waals surface area contributed by atoms with Crippen LogP contribution in [0.25, 0.3) is 10.8 Å². The topological polar surface area (TPSA) is 38.8 Å². The molecular formula is C27H29NO3. The van der Waals surface area contributed by atoms with Crippen LogP contribution in [0, 0.1) is 12.1 Å². The molecule has 1 aliphatic carbocycles. The summed E-state index contributed by atoms with van der Waals surface area (Å²) < 4.78 is 11.9. The Hall–Kier alpha value is -3.19. The van der Waals surface area contributed by atoms with Crippen LogP contribution in [0.15, 0.2) is 54.6 Å². The van der Waals surface area contributed by atoms with Gasteiger partial charge in [-0.25, -0.2) is 4.79 Å². The largest absolute Gasteiger partial charge is 0.488 e. The Kier molecular flexibility index (Phi) is 5.78. The maximum Gasteiger partial charge on any atom is 0.411 e. The Balaban J connectivity index is 1.65. The van der Waals surface area contributed by atoms with E-state index in [4.69, 9.17) is 9.47 Å². The van der Waals surface area contributed by atoms with Gasteiger partial charge in [-0.05, 0) is 75.9 Å². The Morgan fingerprint density at radius 1 is 1.16 bits per heavy atom. The first-order valence-electron chi connectivity index (χ1n) is 10.9. The van der Waals surface area contributed by atoms with Crippen LogP contribution in [0.2, 0.25) is 0 Å². The van der Waals surface area contributed by atoms with Crippen LogP contribution in [0.5, 0.6) is 5.75 Å². The van der Waals surface area contributed by atoms with E-state index >= 15 is 0 Å². The van der Waals surface area contributed by atoms with Crippen molar-refractivity contribution in [1.82, 2.24) is 4.90 Å². The number of amides is 1. The minimum atomic E-state index is -0.528. The summed E-state index contributed by atoms with van der Waals surface area (Å²) in [6.07, 6.45) is 1.75. The van der Waals surface area contributed by atoms with E-state index in [1.54, 1.807) is 0 Å². The molecule has 3 aromatic rings. The molecular weight excluding hydrogens is 386 g/mol. The summed E-state index contributed by atoms with van der Waals surface area (Å²) >= 11 is 0. The van der Waals surface area contributed by atoms with E-state index in [1.165, 1.54) is 0 Å². The van der Waals surface area contributed by atoms with Gasteiger partial charge in [0.05, 0.1) is 6.04 Å². The van der Waals surface area contributed by atoms with Crippen LogP contribution in [0.4, 0.5) is 4.79 Å². The number of rotatable bonds is 6. The van der Waals surface area contributed by atoms with Crippen molar-refractivity contribution in [3.05, 3.63) is 77.9 Å². The molecule has 4 nitrogen and oxygen atoms in total. The predicted molar refractivity (Wildman–Crippen MR) is 122 cm³/mol. The summed E-state index contributed by atoms with van der Waals surface area (Å²) in [7, 11) is 0. The molecule has 0 spiro atoms. The molecule has 1 amide bonds. The molecule has 3 aromatic carbocycles. The second kappa shape index (κ2) is 8.51. The van der Waals surface area contributed by atoms with Crippen LogP contribution in [0.3, 0.4) is 0 Å². The van der Waals surface area contributed by atoms with Crippen molar-refractivity contribution in [2.24, 2.45) is 0 Å². The molecule has 1 aliphatic rings. The van der Waals surface area contributed by atoms with E-state index in [0.717, 1.165) is 40.5 Å². The van der Waals surface area contributed by atoms with Gasteiger partial charge in [0.15, 0.2) is 0 Å². The maximum atomic E-state index is 13.0. The third-order valence-electron chi connectivity index (χ3n) is 5.39. The van der Waals surface area contributed by atoms with Crippen molar-refractivity contribution in [2.75, 3.05) is 0 Å². The van der Waals surface area contributed by atoms with Gasteiger partial charge >= 0.3 is 6.09 Å². The van der Waals surface area contributed by atoms with Crippen molar-refractivity contribution in [3.8, 4) is 5.75 Å². The first-order chi connectivity index (χ1) is 14.8. The predicted octanol–water partition coefficient (Wildman–Crippen LogP) is 6.48. The van der Waals surface area contributed by atoms with Gasteiger partial charge in [0.25, 0.3) is 0 Å². The lowest BCUT2D eigenvalue weighted by atomic mass is 10.0. The number of hydrogen-bond donors (Lipinski definition) is 0. The monoisotopic (exact) mass is 415 g/mol. The Bertz CT molecular complexity index is 1050. The van der Waals surface area contributed by atoms with E-state index in [2.05, 4.69) is 25.1 Å². The highest BCUT2D eigenvalue weighted by Crippen LogP contribution is 2.38. The molecule has 0 aliphatic heterocycles. The van der Waals surface area contributed by atoms with E-state index < -0.39 is 5.60 Å². The number of benzene rings is 2. The van der Waals surface area contributed by atoms with Gasteiger partial charge in [0.1, 0.15) is 18.0 Å². The number of carbonyl (C=O) groups excluding carboxylic acids is 1. The third-order valence-corrected chi connectivity index (χ3v) is 5.39. The molecule has 160 valence electrons. The number of carbonyl (C=O) groups is 1. The van der Waals surface area contributed by atoms with Gasteiger partial charge in [0, 0.05) is 16.8 Å². The number of fused-ring (bicyclic) bond motifs is 1. The number of ether oxygens (including phenoxy) is 2. The maximum absolute atomic E-state index is 13.0. The van der Waals surface area contributed by atoms with Crippen LogP contribution in [-0.4, -0.2) is 22.6 Å². The highest BCUT2D eigenvalue weighted by atomic mass is 16.6. The minimum absolute atomic E-state index is 0.139. The highest BCUT2D eigenvalue weighted by molar-refractivity contribution is 5.88. The zero-order valence-electron chi connectivity index (χ0n) is 18.6. The summed E-state index contributed by atoms with van der Waals surface area (Å²) in [5, 5.41) is 1.91. The highest BCUT2D eigenvalue weighted by Gasteiger charge is 2.38.